The Morgan fingerprint density at radius 3 is 2.81 bits per heavy atom. The molecule has 1 heterocycles. The first-order valence-corrected chi connectivity index (χ1v) is 8.26. The van der Waals surface area contributed by atoms with Crippen LogP contribution in [0.15, 0.2) is 29.5 Å². The highest BCUT2D eigenvalue weighted by Gasteiger charge is 2.11. The van der Waals surface area contributed by atoms with Gasteiger partial charge in [0.1, 0.15) is 12.2 Å². The van der Waals surface area contributed by atoms with Crippen molar-refractivity contribution >= 4 is 29.9 Å². The maximum absolute atomic E-state index is 13.8. The zero-order chi connectivity index (χ0) is 18.2. The molecule has 1 aromatic carbocycles. The molecule has 9 heteroatoms. The Labute approximate surface area is 170 Å². The average molecular weight is 476 g/mol. The Kier molecular flexibility index (Phi) is 9.31. The average Bonchev–Trinajstić information content (AvgIpc) is 3.08. The maximum Gasteiger partial charge on any atom is 0.191 e. The number of aromatic nitrogens is 3. The highest BCUT2D eigenvalue weighted by Crippen LogP contribution is 2.21. The lowest BCUT2D eigenvalue weighted by Crippen LogP contribution is -2.40. The molecule has 26 heavy (non-hydrogen) atoms. The molecule has 0 fully saturated rings. The van der Waals surface area contributed by atoms with Gasteiger partial charge in [-0.05, 0) is 24.6 Å². The summed E-state index contributed by atoms with van der Waals surface area (Å²) in [4.78, 5) is 4.21. The smallest absolute Gasteiger partial charge is 0.191 e. The summed E-state index contributed by atoms with van der Waals surface area (Å²) in [6.45, 7) is 5.41. The molecular formula is C17H26FIN6O. The molecule has 1 atom stereocenters. The van der Waals surface area contributed by atoms with E-state index >= 15 is 0 Å². The van der Waals surface area contributed by atoms with E-state index in [1.807, 2.05) is 24.5 Å². The molecule has 0 aliphatic carbocycles. The number of halogens is 2. The third-order valence-electron chi connectivity index (χ3n) is 3.91. The van der Waals surface area contributed by atoms with Crippen molar-refractivity contribution in [1.29, 1.82) is 0 Å². The maximum atomic E-state index is 13.8. The summed E-state index contributed by atoms with van der Waals surface area (Å²) in [7, 11) is 3.15. The van der Waals surface area contributed by atoms with Crippen LogP contribution in [0.25, 0.3) is 0 Å². The molecule has 0 saturated heterocycles. The number of rotatable bonds is 7. The third kappa shape index (κ3) is 5.82. The molecule has 0 spiro atoms. The molecule has 2 N–H and O–H groups in total. The minimum Gasteiger partial charge on any atom is -0.494 e. The Hall–Kier alpha value is -1.91. The van der Waals surface area contributed by atoms with Crippen molar-refractivity contribution in [2.75, 3.05) is 20.7 Å². The SMILES string of the molecule is CCc1nncn1CCNC(=NC)NC(C)c1ccc(OC)c(F)c1.I. The number of hydrogen-bond donors (Lipinski definition) is 2. The van der Waals surface area contributed by atoms with E-state index in [2.05, 4.69) is 25.8 Å². The van der Waals surface area contributed by atoms with Gasteiger partial charge in [0.15, 0.2) is 17.5 Å². The van der Waals surface area contributed by atoms with Crippen molar-refractivity contribution in [2.45, 2.75) is 32.9 Å². The van der Waals surface area contributed by atoms with Gasteiger partial charge < -0.3 is 19.9 Å². The Balaban J connectivity index is 0.00000338. The zero-order valence-electron chi connectivity index (χ0n) is 15.5. The first-order chi connectivity index (χ1) is 12.1. The number of guanidine groups is 1. The second-order valence-electron chi connectivity index (χ2n) is 5.55. The van der Waals surface area contributed by atoms with E-state index in [1.54, 1.807) is 19.4 Å². The van der Waals surface area contributed by atoms with Crippen molar-refractivity contribution in [3.05, 3.63) is 41.7 Å². The highest BCUT2D eigenvalue weighted by molar-refractivity contribution is 14.0. The number of aliphatic imine (C=N–C) groups is 1. The minimum atomic E-state index is -0.378. The quantitative estimate of drug-likeness (QED) is 0.365. The summed E-state index contributed by atoms with van der Waals surface area (Å²) in [6.07, 6.45) is 2.56. The van der Waals surface area contributed by atoms with Crippen molar-refractivity contribution in [3.63, 3.8) is 0 Å². The van der Waals surface area contributed by atoms with Crippen LogP contribution >= 0.6 is 24.0 Å². The predicted octanol–water partition coefficient (Wildman–Crippen LogP) is 2.53. The molecule has 0 amide bonds. The lowest BCUT2D eigenvalue weighted by atomic mass is 10.1. The molecule has 0 bridgehead atoms. The first kappa shape index (κ1) is 22.1. The number of benzene rings is 1. The number of methoxy groups -OCH3 is 1. The Bertz CT molecular complexity index is 721. The molecular weight excluding hydrogens is 450 g/mol. The van der Waals surface area contributed by atoms with Gasteiger partial charge in [0.25, 0.3) is 0 Å². The number of hydrogen-bond acceptors (Lipinski definition) is 4. The van der Waals surface area contributed by atoms with Gasteiger partial charge in [0, 0.05) is 26.6 Å². The second-order valence-corrected chi connectivity index (χ2v) is 5.55. The van der Waals surface area contributed by atoms with E-state index in [-0.39, 0.29) is 41.6 Å². The molecule has 0 radical (unpaired) electrons. The molecule has 144 valence electrons. The van der Waals surface area contributed by atoms with E-state index in [0.717, 1.165) is 24.4 Å². The summed E-state index contributed by atoms with van der Waals surface area (Å²) >= 11 is 0. The van der Waals surface area contributed by atoms with Crippen LogP contribution in [0.5, 0.6) is 5.75 Å². The van der Waals surface area contributed by atoms with Gasteiger partial charge in [0.2, 0.25) is 0 Å². The lowest BCUT2D eigenvalue weighted by molar-refractivity contribution is 0.386. The molecule has 2 aromatic rings. The molecule has 1 aromatic heterocycles. The number of aryl methyl sites for hydroxylation is 1. The lowest BCUT2D eigenvalue weighted by Gasteiger charge is -2.19. The fraction of sp³-hybridized carbons (Fsp3) is 0.471. The van der Waals surface area contributed by atoms with Crippen LogP contribution in [-0.2, 0) is 13.0 Å². The molecule has 2 rings (SSSR count). The third-order valence-corrected chi connectivity index (χ3v) is 3.91. The van der Waals surface area contributed by atoms with E-state index in [4.69, 9.17) is 4.74 Å². The highest BCUT2D eigenvalue weighted by atomic mass is 127. The van der Waals surface area contributed by atoms with Crippen LogP contribution in [0, 0.1) is 5.82 Å². The van der Waals surface area contributed by atoms with Crippen LogP contribution in [0.1, 0.15) is 31.3 Å². The van der Waals surface area contributed by atoms with Gasteiger partial charge in [-0.1, -0.05) is 13.0 Å². The second kappa shape index (κ2) is 10.9. The van der Waals surface area contributed by atoms with Crippen LogP contribution in [0.3, 0.4) is 0 Å². The minimum absolute atomic E-state index is 0. The van der Waals surface area contributed by atoms with Gasteiger partial charge in [-0.15, -0.1) is 34.2 Å². The van der Waals surface area contributed by atoms with Crippen LogP contribution in [-0.4, -0.2) is 41.4 Å². The summed E-state index contributed by atoms with van der Waals surface area (Å²) in [5, 5.41) is 14.5. The number of ether oxygens (including phenoxy) is 1. The van der Waals surface area contributed by atoms with Gasteiger partial charge in [-0.2, -0.15) is 0 Å². The van der Waals surface area contributed by atoms with Gasteiger partial charge in [-0.3, -0.25) is 4.99 Å². The molecule has 1 unspecified atom stereocenters. The van der Waals surface area contributed by atoms with E-state index in [1.165, 1.54) is 13.2 Å². The fourth-order valence-corrected chi connectivity index (χ4v) is 2.47. The van der Waals surface area contributed by atoms with E-state index in [0.29, 0.717) is 12.5 Å². The summed E-state index contributed by atoms with van der Waals surface area (Å²) < 4.78 is 20.8. The van der Waals surface area contributed by atoms with Gasteiger partial charge in [0.05, 0.1) is 13.2 Å². The van der Waals surface area contributed by atoms with Crippen molar-refractivity contribution in [1.82, 2.24) is 25.4 Å². The largest absolute Gasteiger partial charge is 0.494 e. The molecule has 0 aliphatic rings. The number of nitrogens with zero attached hydrogens (tertiary/aromatic N) is 4. The summed E-state index contributed by atoms with van der Waals surface area (Å²) in [5.41, 5.74) is 0.813. The monoisotopic (exact) mass is 476 g/mol. The van der Waals surface area contributed by atoms with Crippen LogP contribution in [0.2, 0.25) is 0 Å². The Morgan fingerprint density at radius 2 is 2.19 bits per heavy atom. The van der Waals surface area contributed by atoms with Gasteiger partial charge >= 0.3 is 0 Å². The summed E-state index contributed by atoms with van der Waals surface area (Å²) in [6, 6.07) is 4.82. The number of nitrogens with one attached hydrogen (secondary N) is 2. The van der Waals surface area contributed by atoms with Crippen LogP contribution < -0.4 is 15.4 Å². The molecule has 0 aliphatic heterocycles. The predicted molar refractivity (Wildman–Crippen MR) is 111 cm³/mol. The van der Waals surface area contributed by atoms with Crippen molar-refractivity contribution < 1.29 is 9.13 Å². The van der Waals surface area contributed by atoms with E-state index in [9.17, 15) is 4.39 Å². The zero-order valence-corrected chi connectivity index (χ0v) is 17.8. The van der Waals surface area contributed by atoms with Crippen molar-refractivity contribution in [3.8, 4) is 5.75 Å². The standard InChI is InChI=1S/C17H25FN6O.HI/c1-5-16-23-21-11-24(16)9-8-20-17(19-3)22-12(2)13-6-7-15(25-4)14(18)10-13;/h6-7,10-12H,5,8-9H2,1-4H3,(H2,19,20,22);1H. The summed E-state index contributed by atoms with van der Waals surface area (Å²) in [5.74, 6) is 1.46. The first-order valence-electron chi connectivity index (χ1n) is 8.26. The molecule has 7 nitrogen and oxygen atoms in total. The van der Waals surface area contributed by atoms with Gasteiger partial charge in [-0.25, -0.2) is 4.39 Å². The van der Waals surface area contributed by atoms with E-state index < -0.39 is 0 Å². The van der Waals surface area contributed by atoms with Crippen molar-refractivity contribution in [2.24, 2.45) is 4.99 Å². The topological polar surface area (TPSA) is 76.4 Å². The van der Waals surface area contributed by atoms with Crippen LogP contribution in [0.4, 0.5) is 4.39 Å². The normalized spacial score (nSPS) is 12.3. The molecule has 0 saturated carbocycles. The fourth-order valence-electron chi connectivity index (χ4n) is 2.47. The Morgan fingerprint density at radius 1 is 1.42 bits per heavy atom.